The summed E-state index contributed by atoms with van der Waals surface area (Å²) >= 11 is 0. The van der Waals surface area contributed by atoms with Crippen LogP contribution in [-0.4, -0.2) is 35.4 Å². The van der Waals surface area contributed by atoms with E-state index >= 15 is 0 Å². The second kappa shape index (κ2) is 9.57. The van der Waals surface area contributed by atoms with Gasteiger partial charge in [0.25, 0.3) is 5.56 Å². The number of sulfone groups is 1. The van der Waals surface area contributed by atoms with Gasteiger partial charge in [0.2, 0.25) is 5.91 Å². The number of ether oxygens (including phenoxy) is 1. The fourth-order valence-electron chi connectivity index (χ4n) is 3.09. The minimum absolute atomic E-state index is 0.0591. The van der Waals surface area contributed by atoms with Crippen molar-refractivity contribution in [3.05, 3.63) is 83.0 Å². The molecule has 1 aromatic carbocycles. The first-order valence-corrected chi connectivity index (χ1v) is 11.5. The highest BCUT2D eigenvalue weighted by molar-refractivity contribution is 7.92. The van der Waals surface area contributed by atoms with Gasteiger partial charge >= 0.3 is 0 Å². The molecule has 0 aliphatic carbocycles. The zero-order chi connectivity index (χ0) is 22.4. The van der Waals surface area contributed by atoms with Crippen molar-refractivity contribution < 1.29 is 17.9 Å². The van der Waals surface area contributed by atoms with Gasteiger partial charge in [-0.3, -0.25) is 14.6 Å². The van der Waals surface area contributed by atoms with E-state index in [0.29, 0.717) is 12.4 Å². The number of nitrogens with two attached hydrogens (primary N) is 1. The van der Waals surface area contributed by atoms with Gasteiger partial charge in [-0.1, -0.05) is 18.2 Å². The van der Waals surface area contributed by atoms with Crippen LogP contribution in [0.5, 0.6) is 5.75 Å². The first-order valence-electron chi connectivity index (χ1n) is 9.55. The van der Waals surface area contributed by atoms with Crippen LogP contribution in [0.3, 0.4) is 0 Å². The number of amides is 1. The normalized spacial score (nSPS) is 12.3. The Bertz CT molecular complexity index is 1210. The molecule has 1 unspecified atom stereocenters. The number of nitrogens with zero attached hydrogens (tertiary/aromatic N) is 2. The maximum Gasteiger partial charge on any atom is 0.251 e. The Morgan fingerprint density at radius 2 is 1.90 bits per heavy atom. The second-order valence-electron chi connectivity index (χ2n) is 7.13. The van der Waals surface area contributed by atoms with Crippen LogP contribution in [0, 0.1) is 0 Å². The zero-order valence-corrected chi connectivity index (χ0v) is 17.8. The zero-order valence-electron chi connectivity index (χ0n) is 17.0. The molecule has 0 aliphatic rings. The fraction of sp³-hybridized carbons (Fsp3) is 0.227. The number of rotatable bonds is 9. The van der Waals surface area contributed by atoms with Gasteiger partial charge < -0.3 is 15.0 Å². The summed E-state index contributed by atoms with van der Waals surface area (Å²) in [5.41, 5.74) is 7.39. The summed E-state index contributed by atoms with van der Waals surface area (Å²) in [4.78, 5) is 27.9. The Kier molecular flexibility index (Phi) is 6.86. The molecule has 3 aromatic rings. The van der Waals surface area contributed by atoms with Crippen LogP contribution in [0.15, 0.2) is 71.9 Å². The van der Waals surface area contributed by atoms with Gasteiger partial charge in [-0.05, 0) is 41.8 Å². The lowest BCUT2D eigenvalue weighted by Gasteiger charge is -2.13. The second-order valence-corrected chi connectivity index (χ2v) is 9.36. The van der Waals surface area contributed by atoms with E-state index in [1.165, 1.54) is 10.6 Å². The molecule has 3 rings (SSSR count). The molecule has 2 heterocycles. The molecule has 2 aromatic heterocycles. The number of aryl methyl sites for hydroxylation is 1. The van der Waals surface area contributed by atoms with Crippen LogP contribution in [0.4, 0.5) is 0 Å². The number of hydrogen-bond donors (Lipinski definition) is 1. The van der Waals surface area contributed by atoms with Crippen LogP contribution in [0.2, 0.25) is 0 Å². The summed E-state index contributed by atoms with van der Waals surface area (Å²) in [6.07, 6.45) is 5.92. The van der Waals surface area contributed by atoms with E-state index in [9.17, 15) is 18.0 Å². The van der Waals surface area contributed by atoms with Gasteiger partial charge in [-0.2, -0.15) is 0 Å². The molecule has 8 nitrogen and oxygen atoms in total. The Labute approximate surface area is 180 Å². The molecule has 0 fully saturated rings. The smallest absolute Gasteiger partial charge is 0.251 e. The monoisotopic (exact) mass is 441 g/mol. The molecule has 2 N–H and O–H groups in total. The summed E-state index contributed by atoms with van der Waals surface area (Å²) in [6.45, 7) is 0.476. The van der Waals surface area contributed by atoms with E-state index < -0.39 is 21.0 Å². The van der Waals surface area contributed by atoms with Gasteiger partial charge in [-0.25, -0.2) is 8.42 Å². The van der Waals surface area contributed by atoms with Gasteiger partial charge in [0.05, 0.1) is 0 Å². The molecule has 0 aliphatic heterocycles. The fourth-order valence-corrected chi connectivity index (χ4v) is 4.05. The van der Waals surface area contributed by atoms with E-state index in [4.69, 9.17) is 10.5 Å². The van der Waals surface area contributed by atoms with Gasteiger partial charge in [0.15, 0.2) is 9.84 Å². The number of carbonyl (C=O) groups excluding carboxylic acids is 1. The topological polar surface area (TPSA) is 121 Å². The van der Waals surface area contributed by atoms with Crippen LogP contribution >= 0.6 is 0 Å². The van der Waals surface area contributed by atoms with Crippen molar-refractivity contribution >= 4 is 15.7 Å². The molecule has 0 spiro atoms. The molecule has 162 valence electrons. The largest absolute Gasteiger partial charge is 0.489 e. The molecular weight excluding hydrogens is 418 g/mol. The predicted octanol–water partition coefficient (Wildman–Crippen LogP) is 1.78. The van der Waals surface area contributed by atoms with Crippen molar-refractivity contribution in [3.63, 3.8) is 0 Å². The molecular formula is C22H23N3O5S. The summed E-state index contributed by atoms with van der Waals surface area (Å²) in [5, 5.41) is -1.32. The highest BCUT2D eigenvalue weighted by Gasteiger charge is 2.26. The van der Waals surface area contributed by atoms with Crippen LogP contribution < -0.4 is 16.0 Å². The molecule has 0 bridgehead atoms. The van der Waals surface area contributed by atoms with E-state index in [0.717, 1.165) is 22.9 Å². The van der Waals surface area contributed by atoms with Crippen molar-refractivity contribution in [1.29, 1.82) is 0 Å². The maximum absolute atomic E-state index is 12.4. The molecule has 9 heteroatoms. The summed E-state index contributed by atoms with van der Waals surface area (Å²) in [5.74, 6) is -0.225. The quantitative estimate of drug-likeness (QED) is 0.540. The summed E-state index contributed by atoms with van der Waals surface area (Å²) in [7, 11) is -3.63. The van der Waals surface area contributed by atoms with Crippen molar-refractivity contribution in [1.82, 2.24) is 9.55 Å². The maximum atomic E-state index is 12.4. The predicted molar refractivity (Wildman–Crippen MR) is 117 cm³/mol. The highest BCUT2D eigenvalue weighted by atomic mass is 32.2. The van der Waals surface area contributed by atoms with Crippen molar-refractivity contribution in [2.24, 2.45) is 5.73 Å². The first-order chi connectivity index (χ1) is 14.7. The summed E-state index contributed by atoms with van der Waals surface area (Å²) in [6, 6.07) is 14.3. The Balaban J connectivity index is 1.66. The molecule has 1 amide bonds. The molecule has 31 heavy (non-hydrogen) atoms. The Hall–Kier alpha value is -3.46. The Morgan fingerprint density at radius 3 is 2.48 bits per heavy atom. The van der Waals surface area contributed by atoms with Crippen LogP contribution in [0.1, 0.15) is 12.0 Å². The Morgan fingerprint density at radius 1 is 1.16 bits per heavy atom. The first kappa shape index (κ1) is 22.2. The highest BCUT2D eigenvalue weighted by Crippen LogP contribution is 2.22. The van der Waals surface area contributed by atoms with Crippen LogP contribution in [-0.2, 0) is 27.8 Å². The standard InChI is InChI=1S/C22H23N3O5S/c1-31(28,29)20(22(23)27)9-12-25-11-8-18(13-21(25)26)17-4-6-19(7-5-17)30-15-16-3-2-10-24-14-16/h2-8,10-11,13-14,20H,9,12,15H2,1H3,(H2,23,27). The number of aromatic nitrogens is 2. The van der Waals surface area contributed by atoms with Crippen molar-refractivity contribution in [2.45, 2.75) is 24.8 Å². The summed E-state index contributed by atoms with van der Waals surface area (Å²) < 4.78 is 30.4. The molecule has 1 atom stereocenters. The number of primary amides is 1. The lowest BCUT2D eigenvalue weighted by Crippen LogP contribution is -2.36. The average Bonchev–Trinajstić information content (AvgIpc) is 2.73. The number of hydrogen-bond acceptors (Lipinski definition) is 6. The van der Waals surface area contributed by atoms with E-state index in [1.807, 2.05) is 36.4 Å². The van der Waals surface area contributed by atoms with E-state index in [-0.39, 0.29) is 18.5 Å². The third-order valence-corrected chi connectivity index (χ3v) is 6.28. The lowest BCUT2D eigenvalue weighted by atomic mass is 10.1. The molecule has 0 radical (unpaired) electrons. The van der Waals surface area contributed by atoms with Crippen molar-refractivity contribution in [2.75, 3.05) is 6.26 Å². The third kappa shape index (κ3) is 6.02. The molecule has 0 saturated carbocycles. The van der Waals surface area contributed by atoms with Gasteiger partial charge in [-0.15, -0.1) is 0 Å². The SMILES string of the molecule is CS(=O)(=O)C(CCn1ccc(-c2ccc(OCc3cccnc3)cc2)cc1=O)C(N)=O. The van der Waals surface area contributed by atoms with E-state index in [1.54, 1.807) is 24.7 Å². The number of pyridine rings is 2. The van der Waals surface area contributed by atoms with Gasteiger partial charge in [0, 0.05) is 43.0 Å². The number of benzene rings is 1. The average molecular weight is 442 g/mol. The van der Waals surface area contributed by atoms with E-state index in [2.05, 4.69) is 4.98 Å². The van der Waals surface area contributed by atoms with Gasteiger partial charge in [0.1, 0.15) is 17.6 Å². The van der Waals surface area contributed by atoms with Crippen molar-refractivity contribution in [3.8, 4) is 16.9 Å². The lowest BCUT2D eigenvalue weighted by molar-refractivity contribution is -0.117. The minimum atomic E-state index is -3.63. The third-order valence-electron chi connectivity index (χ3n) is 4.78. The van der Waals surface area contributed by atoms with Crippen LogP contribution in [0.25, 0.3) is 11.1 Å². The number of carbonyl (C=O) groups is 1. The minimum Gasteiger partial charge on any atom is -0.489 e. The molecule has 0 saturated heterocycles.